The average molecular weight is 511 g/mol. The molecule has 2 atom stereocenters. The van der Waals surface area contributed by atoms with Gasteiger partial charge in [0.25, 0.3) is 0 Å². The number of hydrogen-bond donors (Lipinski definition) is 2. The molecule has 1 saturated heterocycles. The largest absolute Gasteiger partial charge is 0.390 e. The zero-order valence-electron chi connectivity index (χ0n) is 23.3. The number of nitrogens with zero attached hydrogens (tertiary/aromatic N) is 3. The van der Waals surface area contributed by atoms with Gasteiger partial charge in [0.15, 0.2) is 0 Å². The molecule has 38 heavy (non-hydrogen) atoms. The van der Waals surface area contributed by atoms with Crippen molar-refractivity contribution in [1.29, 1.82) is 0 Å². The Labute approximate surface area is 227 Å². The maximum Gasteiger partial charge on any atom is 0.0819 e. The summed E-state index contributed by atoms with van der Waals surface area (Å²) in [6, 6.07) is 26.3. The Balaban J connectivity index is 1.19. The van der Waals surface area contributed by atoms with Gasteiger partial charge in [0.1, 0.15) is 0 Å². The minimum Gasteiger partial charge on any atom is -0.390 e. The first-order chi connectivity index (χ1) is 18.3. The minimum absolute atomic E-state index is 0.114. The van der Waals surface area contributed by atoms with Crippen molar-refractivity contribution in [2.45, 2.75) is 77.7 Å². The van der Waals surface area contributed by atoms with E-state index < -0.39 is 6.10 Å². The van der Waals surface area contributed by atoms with Crippen LogP contribution in [0.3, 0.4) is 0 Å². The summed E-state index contributed by atoms with van der Waals surface area (Å²) >= 11 is 0. The normalized spacial score (nSPS) is 17.3. The van der Waals surface area contributed by atoms with Crippen molar-refractivity contribution in [3.63, 3.8) is 0 Å². The summed E-state index contributed by atoms with van der Waals surface area (Å²) < 4.78 is 2.13. The molecule has 0 amide bonds. The number of aryl methyl sites for hydroxylation is 2. The summed E-state index contributed by atoms with van der Waals surface area (Å²) in [5, 5.41) is 22.3. The standard InChI is InChI=1S/C33H42N4O/c1-24-11-13-26(14-12-24)22-37-30(18-25(2)35-37)23-36-17-7-10-31(36)32(38)21-34-33(3,4)20-27-15-16-28-8-5-6-9-29(28)19-27/h5-6,8-9,11-16,18-19,31-32,34,38H,7,10,17,20-23H2,1-4H3/t31-,32-/m1/s1. The molecule has 0 radical (unpaired) electrons. The van der Waals surface area contributed by atoms with Gasteiger partial charge >= 0.3 is 0 Å². The quantitative estimate of drug-likeness (QED) is 0.290. The Hall–Kier alpha value is -2.99. The number of benzene rings is 3. The van der Waals surface area contributed by atoms with E-state index in [2.05, 4.69) is 115 Å². The van der Waals surface area contributed by atoms with Gasteiger partial charge in [0.2, 0.25) is 0 Å². The predicted molar refractivity (Wildman–Crippen MR) is 156 cm³/mol. The van der Waals surface area contributed by atoms with E-state index in [1.54, 1.807) is 0 Å². The molecule has 2 N–H and O–H groups in total. The fraction of sp³-hybridized carbons (Fsp3) is 0.424. The van der Waals surface area contributed by atoms with Gasteiger partial charge in [-0.1, -0.05) is 72.3 Å². The number of aliphatic hydroxyl groups excluding tert-OH is 1. The fourth-order valence-electron chi connectivity index (χ4n) is 5.86. The van der Waals surface area contributed by atoms with Crippen LogP contribution >= 0.6 is 0 Å². The van der Waals surface area contributed by atoms with E-state index in [1.807, 2.05) is 0 Å². The van der Waals surface area contributed by atoms with Crippen molar-refractivity contribution in [1.82, 2.24) is 20.0 Å². The molecule has 1 fully saturated rings. The van der Waals surface area contributed by atoms with Crippen molar-refractivity contribution >= 4 is 10.8 Å². The Kier molecular flexibility index (Phi) is 7.98. The first-order valence-electron chi connectivity index (χ1n) is 14.0. The maximum atomic E-state index is 11.3. The zero-order chi connectivity index (χ0) is 26.7. The first kappa shape index (κ1) is 26.6. The van der Waals surface area contributed by atoms with Gasteiger partial charge in [0.05, 0.1) is 24.0 Å². The van der Waals surface area contributed by atoms with Crippen molar-refractivity contribution in [2.75, 3.05) is 13.1 Å². The number of likely N-dealkylation sites (tertiary alicyclic amines) is 1. The second-order valence-corrected chi connectivity index (χ2v) is 11.8. The zero-order valence-corrected chi connectivity index (χ0v) is 23.3. The first-order valence-corrected chi connectivity index (χ1v) is 14.0. The lowest BCUT2D eigenvalue weighted by atomic mass is 9.93. The highest BCUT2D eigenvalue weighted by atomic mass is 16.3. The van der Waals surface area contributed by atoms with Crippen LogP contribution in [0.1, 0.15) is 54.8 Å². The molecule has 0 spiro atoms. The summed E-state index contributed by atoms with van der Waals surface area (Å²) in [5.41, 5.74) is 5.99. The monoisotopic (exact) mass is 510 g/mol. The Morgan fingerprint density at radius 3 is 2.47 bits per heavy atom. The molecule has 3 aromatic carbocycles. The Morgan fingerprint density at radius 1 is 0.947 bits per heavy atom. The topological polar surface area (TPSA) is 53.3 Å². The van der Waals surface area contributed by atoms with Crippen LogP contribution in [0.25, 0.3) is 10.8 Å². The number of nitrogens with one attached hydrogen (secondary N) is 1. The molecule has 5 nitrogen and oxygen atoms in total. The van der Waals surface area contributed by atoms with Crippen LogP contribution in [0.4, 0.5) is 0 Å². The lowest BCUT2D eigenvalue weighted by Crippen LogP contribution is -2.50. The van der Waals surface area contributed by atoms with Crippen LogP contribution < -0.4 is 5.32 Å². The third kappa shape index (κ3) is 6.52. The van der Waals surface area contributed by atoms with Gasteiger partial charge in [-0.2, -0.15) is 5.10 Å². The van der Waals surface area contributed by atoms with Crippen LogP contribution in [0.15, 0.2) is 72.8 Å². The van der Waals surface area contributed by atoms with Crippen molar-refractivity contribution in [2.24, 2.45) is 0 Å². The van der Waals surface area contributed by atoms with Crippen LogP contribution in [-0.2, 0) is 19.5 Å². The molecule has 0 bridgehead atoms. The van der Waals surface area contributed by atoms with Crippen LogP contribution in [0, 0.1) is 13.8 Å². The molecule has 0 unspecified atom stereocenters. The summed E-state index contributed by atoms with van der Waals surface area (Å²) in [6.45, 7) is 11.8. The van der Waals surface area contributed by atoms with Crippen LogP contribution in [0.2, 0.25) is 0 Å². The third-order valence-corrected chi connectivity index (χ3v) is 7.91. The average Bonchev–Trinajstić information content (AvgIpc) is 3.49. The van der Waals surface area contributed by atoms with Gasteiger partial charge in [-0.25, -0.2) is 0 Å². The predicted octanol–water partition coefficient (Wildman–Crippen LogP) is 5.64. The summed E-state index contributed by atoms with van der Waals surface area (Å²) in [6.07, 6.45) is 2.64. The molecule has 1 aromatic heterocycles. The third-order valence-electron chi connectivity index (χ3n) is 7.91. The van der Waals surface area contributed by atoms with E-state index in [4.69, 9.17) is 5.10 Å². The summed E-state index contributed by atoms with van der Waals surface area (Å²) in [5.74, 6) is 0. The fourth-order valence-corrected chi connectivity index (χ4v) is 5.86. The number of hydrogen-bond acceptors (Lipinski definition) is 4. The van der Waals surface area contributed by atoms with E-state index in [0.717, 1.165) is 44.6 Å². The maximum absolute atomic E-state index is 11.3. The molecule has 0 saturated carbocycles. The van der Waals surface area contributed by atoms with Gasteiger partial charge < -0.3 is 10.4 Å². The molecule has 4 aromatic rings. The lowest BCUT2D eigenvalue weighted by Gasteiger charge is -2.33. The molecule has 1 aliphatic heterocycles. The molecule has 2 heterocycles. The minimum atomic E-state index is -0.414. The number of β-amino-alcohol motifs (C(OH)–C–C–N with tert-alkyl or cyclic N) is 1. The summed E-state index contributed by atoms with van der Waals surface area (Å²) in [4.78, 5) is 2.45. The van der Waals surface area contributed by atoms with Gasteiger partial charge in [-0.15, -0.1) is 0 Å². The number of rotatable bonds is 10. The molecule has 200 valence electrons. The molecule has 0 aliphatic carbocycles. The van der Waals surface area contributed by atoms with E-state index >= 15 is 0 Å². The second kappa shape index (κ2) is 11.4. The smallest absolute Gasteiger partial charge is 0.0819 e. The molecule has 5 heteroatoms. The van der Waals surface area contributed by atoms with E-state index in [-0.39, 0.29) is 11.6 Å². The van der Waals surface area contributed by atoms with Gasteiger partial charge in [-0.05, 0) is 81.5 Å². The Morgan fingerprint density at radius 2 is 1.68 bits per heavy atom. The SMILES string of the molecule is Cc1ccc(Cn2nc(C)cc2CN2CCC[C@@H]2[C@H](O)CNC(C)(C)Cc2ccc3ccccc3c2)cc1. The highest BCUT2D eigenvalue weighted by Gasteiger charge is 2.32. The van der Waals surface area contributed by atoms with E-state index in [1.165, 1.54) is 33.2 Å². The lowest BCUT2D eigenvalue weighted by molar-refractivity contribution is 0.0621. The summed E-state index contributed by atoms with van der Waals surface area (Å²) in [7, 11) is 0. The van der Waals surface area contributed by atoms with Gasteiger partial charge in [-0.3, -0.25) is 9.58 Å². The van der Waals surface area contributed by atoms with E-state index in [9.17, 15) is 5.11 Å². The number of fused-ring (bicyclic) bond motifs is 1. The van der Waals surface area contributed by atoms with Gasteiger partial charge in [0, 0.05) is 24.7 Å². The highest BCUT2D eigenvalue weighted by molar-refractivity contribution is 5.83. The Bertz CT molecular complexity index is 1360. The molecule has 5 rings (SSSR count). The van der Waals surface area contributed by atoms with Crippen molar-refractivity contribution in [3.8, 4) is 0 Å². The van der Waals surface area contributed by atoms with Crippen molar-refractivity contribution in [3.05, 3.63) is 101 Å². The molecule has 1 aliphatic rings. The highest BCUT2D eigenvalue weighted by Crippen LogP contribution is 2.25. The van der Waals surface area contributed by atoms with Crippen LogP contribution in [-0.4, -0.2) is 50.6 Å². The molecular formula is C33H42N4O. The van der Waals surface area contributed by atoms with Crippen LogP contribution in [0.5, 0.6) is 0 Å². The second-order valence-electron chi connectivity index (χ2n) is 11.8. The van der Waals surface area contributed by atoms with Crippen molar-refractivity contribution < 1.29 is 5.11 Å². The van der Waals surface area contributed by atoms with E-state index in [0.29, 0.717) is 6.54 Å². The number of aromatic nitrogens is 2. The number of aliphatic hydroxyl groups is 1. The molecular weight excluding hydrogens is 468 g/mol.